The van der Waals surface area contributed by atoms with Crippen LogP contribution >= 0.6 is 0 Å². The van der Waals surface area contributed by atoms with Crippen LogP contribution in [0.2, 0.25) is 0 Å². The molecule has 1 aromatic rings. The fourth-order valence-corrected chi connectivity index (χ4v) is 2.03. The fraction of sp³-hybridized carbons (Fsp3) is 0.500. The molecule has 0 spiro atoms. The summed E-state index contributed by atoms with van der Waals surface area (Å²) in [5.74, 6) is 0. The van der Waals surface area contributed by atoms with Crippen LogP contribution in [0, 0.1) is 11.3 Å². The zero-order valence-electron chi connectivity index (χ0n) is 9.26. The molecule has 2 heterocycles. The van der Waals surface area contributed by atoms with Crippen LogP contribution in [0.4, 0.5) is 0 Å². The number of nitrogens with zero attached hydrogens (tertiary/aromatic N) is 3. The van der Waals surface area contributed by atoms with Crippen molar-refractivity contribution in [1.29, 1.82) is 5.26 Å². The minimum atomic E-state index is 0.315. The van der Waals surface area contributed by atoms with Gasteiger partial charge in [-0.3, -0.25) is 9.88 Å². The Hall–Kier alpha value is -1.44. The maximum atomic E-state index is 8.68. The normalized spacial score (nSPS) is 21.6. The molecule has 1 aromatic heterocycles. The molecule has 1 aliphatic heterocycles. The molecule has 0 amide bonds. The SMILES string of the molecule is N#CCC1CN(Cc2cccnc2)CCN1. The van der Waals surface area contributed by atoms with Crippen LogP contribution in [0.15, 0.2) is 24.5 Å². The van der Waals surface area contributed by atoms with E-state index < -0.39 is 0 Å². The van der Waals surface area contributed by atoms with Crippen LogP contribution in [-0.2, 0) is 6.54 Å². The predicted octanol–water partition coefficient (Wildman–Crippen LogP) is 0.769. The summed E-state index contributed by atoms with van der Waals surface area (Å²) in [4.78, 5) is 6.48. The molecule has 0 aromatic carbocycles. The number of rotatable bonds is 3. The molecule has 1 saturated heterocycles. The molecule has 1 atom stereocenters. The number of nitrogens with one attached hydrogen (secondary N) is 1. The predicted molar refractivity (Wildman–Crippen MR) is 61.5 cm³/mol. The van der Waals surface area contributed by atoms with Crippen molar-refractivity contribution in [3.63, 3.8) is 0 Å². The lowest BCUT2D eigenvalue weighted by Gasteiger charge is -2.32. The summed E-state index contributed by atoms with van der Waals surface area (Å²) >= 11 is 0. The highest BCUT2D eigenvalue weighted by Crippen LogP contribution is 2.07. The van der Waals surface area contributed by atoms with Crippen molar-refractivity contribution in [2.24, 2.45) is 0 Å². The number of piperazine rings is 1. The van der Waals surface area contributed by atoms with E-state index in [0.717, 1.165) is 26.2 Å². The Morgan fingerprint density at radius 3 is 3.31 bits per heavy atom. The number of aromatic nitrogens is 1. The Morgan fingerprint density at radius 2 is 2.56 bits per heavy atom. The average Bonchev–Trinajstić information content (AvgIpc) is 2.31. The zero-order valence-corrected chi connectivity index (χ0v) is 9.26. The lowest BCUT2D eigenvalue weighted by molar-refractivity contribution is 0.193. The zero-order chi connectivity index (χ0) is 11.2. The smallest absolute Gasteiger partial charge is 0.0638 e. The maximum absolute atomic E-state index is 8.68. The van der Waals surface area contributed by atoms with Crippen LogP contribution in [0.3, 0.4) is 0 Å². The van der Waals surface area contributed by atoms with Gasteiger partial charge in [-0.25, -0.2) is 0 Å². The topological polar surface area (TPSA) is 52.0 Å². The van der Waals surface area contributed by atoms with Crippen LogP contribution in [0.1, 0.15) is 12.0 Å². The Morgan fingerprint density at radius 1 is 1.62 bits per heavy atom. The third kappa shape index (κ3) is 3.02. The number of hydrogen-bond acceptors (Lipinski definition) is 4. The summed E-state index contributed by atoms with van der Waals surface area (Å²) in [6.07, 6.45) is 4.28. The molecular weight excluding hydrogens is 200 g/mol. The molecule has 1 fully saturated rings. The molecule has 16 heavy (non-hydrogen) atoms. The van der Waals surface area contributed by atoms with Gasteiger partial charge < -0.3 is 5.32 Å². The highest BCUT2D eigenvalue weighted by molar-refractivity contribution is 5.08. The maximum Gasteiger partial charge on any atom is 0.0638 e. The van der Waals surface area contributed by atoms with E-state index in [1.54, 1.807) is 6.20 Å². The second-order valence-electron chi connectivity index (χ2n) is 4.11. The van der Waals surface area contributed by atoms with Gasteiger partial charge in [-0.2, -0.15) is 5.26 Å². The molecule has 0 saturated carbocycles. The molecule has 4 heteroatoms. The van der Waals surface area contributed by atoms with Crippen molar-refractivity contribution in [3.8, 4) is 6.07 Å². The quantitative estimate of drug-likeness (QED) is 0.811. The van der Waals surface area contributed by atoms with E-state index in [1.165, 1.54) is 5.56 Å². The van der Waals surface area contributed by atoms with Gasteiger partial charge in [-0.05, 0) is 11.6 Å². The van der Waals surface area contributed by atoms with Crippen LogP contribution in [0.25, 0.3) is 0 Å². The Labute approximate surface area is 95.9 Å². The molecule has 4 nitrogen and oxygen atoms in total. The lowest BCUT2D eigenvalue weighted by atomic mass is 10.1. The van der Waals surface area contributed by atoms with Gasteiger partial charge in [-0.15, -0.1) is 0 Å². The summed E-state index contributed by atoms with van der Waals surface area (Å²) < 4.78 is 0. The van der Waals surface area contributed by atoms with Crippen LogP contribution < -0.4 is 5.32 Å². The minimum Gasteiger partial charge on any atom is -0.310 e. The molecule has 1 N–H and O–H groups in total. The van der Waals surface area contributed by atoms with Gasteiger partial charge in [0, 0.05) is 44.6 Å². The first-order valence-electron chi connectivity index (χ1n) is 5.60. The van der Waals surface area contributed by atoms with Crippen molar-refractivity contribution in [2.75, 3.05) is 19.6 Å². The van der Waals surface area contributed by atoms with Crippen LogP contribution in [-0.4, -0.2) is 35.6 Å². The minimum absolute atomic E-state index is 0.315. The van der Waals surface area contributed by atoms with Gasteiger partial charge in [0.2, 0.25) is 0 Å². The first-order valence-corrected chi connectivity index (χ1v) is 5.60. The fourth-order valence-electron chi connectivity index (χ4n) is 2.03. The van der Waals surface area contributed by atoms with E-state index in [-0.39, 0.29) is 0 Å². The van der Waals surface area contributed by atoms with Crippen molar-refractivity contribution >= 4 is 0 Å². The van der Waals surface area contributed by atoms with E-state index in [4.69, 9.17) is 5.26 Å². The van der Waals surface area contributed by atoms with Gasteiger partial charge in [0.05, 0.1) is 12.5 Å². The lowest BCUT2D eigenvalue weighted by Crippen LogP contribution is -2.49. The largest absolute Gasteiger partial charge is 0.310 e. The third-order valence-electron chi connectivity index (χ3n) is 2.81. The summed E-state index contributed by atoms with van der Waals surface area (Å²) in [6, 6.07) is 6.59. The molecule has 0 aliphatic carbocycles. The first kappa shape index (κ1) is 11.1. The van der Waals surface area contributed by atoms with Gasteiger partial charge >= 0.3 is 0 Å². The van der Waals surface area contributed by atoms with Gasteiger partial charge in [-0.1, -0.05) is 6.07 Å². The van der Waals surface area contributed by atoms with E-state index in [0.29, 0.717) is 12.5 Å². The third-order valence-corrected chi connectivity index (χ3v) is 2.81. The monoisotopic (exact) mass is 216 g/mol. The summed E-state index contributed by atoms with van der Waals surface area (Å²) in [7, 11) is 0. The van der Waals surface area contributed by atoms with Crippen molar-refractivity contribution in [1.82, 2.24) is 15.2 Å². The summed E-state index contributed by atoms with van der Waals surface area (Å²) in [5.41, 5.74) is 1.24. The van der Waals surface area contributed by atoms with Crippen LogP contribution in [0.5, 0.6) is 0 Å². The standard InChI is InChI=1S/C12H16N4/c13-4-3-12-10-16(7-6-15-12)9-11-2-1-5-14-8-11/h1-2,5,8,12,15H,3,6-7,9-10H2. The second kappa shape index (κ2) is 5.59. The molecule has 0 radical (unpaired) electrons. The van der Waals surface area contributed by atoms with E-state index >= 15 is 0 Å². The van der Waals surface area contributed by atoms with Crippen molar-refractivity contribution in [3.05, 3.63) is 30.1 Å². The van der Waals surface area contributed by atoms with Gasteiger partial charge in [0.15, 0.2) is 0 Å². The molecule has 2 rings (SSSR count). The Balaban J connectivity index is 1.88. The molecule has 1 aliphatic rings. The Bertz CT molecular complexity index is 357. The number of pyridine rings is 1. The first-order chi connectivity index (χ1) is 7.88. The Kier molecular flexibility index (Phi) is 3.86. The highest BCUT2D eigenvalue weighted by atomic mass is 15.2. The number of hydrogen-bond donors (Lipinski definition) is 1. The highest BCUT2D eigenvalue weighted by Gasteiger charge is 2.18. The van der Waals surface area contributed by atoms with E-state index in [1.807, 2.05) is 12.3 Å². The van der Waals surface area contributed by atoms with Gasteiger partial charge in [0.25, 0.3) is 0 Å². The van der Waals surface area contributed by atoms with Crippen molar-refractivity contribution < 1.29 is 0 Å². The second-order valence-corrected chi connectivity index (χ2v) is 4.11. The van der Waals surface area contributed by atoms with E-state index in [9.17, 15) is 0 Å². The number of nitriles is 1. The van der Waals surface area contributed by atoms with Crippen molar-refractivity contribution in [2.45, 2.75) is 19.0 Å². The molecule has 0 bridgehead atoms. The molecular formula is C12H16N4. The summed E-state index contributed by atoms with van der Waals surface area (Å²) in [6.45, 7) is 3.88. The average molecular weight is 216 g/mol. The van der Waals surface area contributed by atoms with E-state index in [2.05, 4.69) is 27.3 Å². The van der Waals surface area contributed by atoms with Gasteiger partial charge in [0.1, 0.15) is 0 Å². The molecule has 1 unspecified atom stereocenters. The molecule has 84 valence electrons. The summed E-state index contributed by atoms with van der Waals surface area (Å²) in [5, 5.41) is 12.0.